The summed E-state index contributed by atoms with van der Waals surface area (Å²) in [5, 5.41) is 3.27. The predicted octanol–water partition coefficient (Wildman–Crippen LogP) is 8.24. The van der Waals surface area contributed by atoms with Crippen LogP contribution in [0.1, 0.15) is 47.9 Å². The Morgan fingerprint density at radius 3 is 2.30 bits per heavy atom. The van der Waals surface area contributed by atoms with Crippen molar-refractivity contribution < 1.29 is 17.9 Å². The van der Waals surface area contributed by atoms with Gasteiger partial charge in [0.05, 0.1) is 0 Å². The minimum Gasteiger partial charge on any atom is -0.489 e. The Balaban J connectivity index is 1.91. The van der Waals surface area contributed by atoms with Crippen molar-refractivity contribution >= 4 is 11.3 Å². The van der Waals surface area contributed by atoms with Crippen LogP contribution in [0.25, 0.3) is 22.5 Å². The van der Waals surface area contributed by atoms with E-state index in [-0.39, 0.29) is 11.9 Å². The van der Waals surface area contributed by atoms with Gasteiger partial charge in [0.25, 0.3) is 0 Å². The maximum absolute atomic E-state index is 14.3. The average molecular weight is 506 g/mol. The molecule has 2 unspecified atom stereocenters. The van der Waals surface area contributed by atoms with E-state index < -0.39 is 11.6 Å². The average Bonchev–Trinajstić information content (AvgIpc) is 2.84. The van der Waals surface area contributed by atoms with Crippen molar-refractivity contribution in [2.75, 3.05) is 13.6 Å². The topological polar surface area (TPSA) is 21.3 Å². The molecule has 1 aliphatic carbocycles. The number of halogens is 3. The third kappa shape index (κ3) is 6.34. The molecule has 0 aliphatic heterocycles. The van der Waals surface area contributed by atoms with Crippen LogP contribution in [0.3, 0.4) is 0 Å². The summed E-state index contributed by atoms with van der Waals surface area (Å²) in [6, 6.07) is 14.3. The number of allylic oxidation sites excluding steroid dienone is 2. The van der Waals surface area contributed by atoms with Gasteiger partial charge in [-0.15, -0.1) is 0 Å². The van der Waals surface area contributed by atoms with E-state index in [1.807, 2.05) is 45.2 Å². The highest BCUT2D eigenvalue weighted by Crippen LogP contribution is 2.38. The number of ether oxygens (including phenoxy) is 1. The highest BCUT2D eigenvalue weighted by molar-refractivity contribution is 5.94. The summed E-state index contributed by atoms with van der Waals surface area (Å²) < 4.78 is 49.6. The van der Waals surface area contributed by atoms with Crippen LogP contribution in [0, 0.1) is 37.2 Å². The van der Waals surface area contributed by atoms with E-state index in [1.54, 1.807) is 6.08 Å². The monoisotopic (exact) mass is 505 g/mol. The summed E-state index contributed by atoms with van der Waals surface area (Å²) in [5.74, 6) is -0.803. The molecule has 0 radical (unpaired) electrons. The SMILES string of the molecule is C=C/C(=C(/OC1CCCCC1CNC)c1cc(-c2cc(C)cc(F)c2)ccc1C)c1cc(F)cc(F)c1. The standard InChI is InChI=1S/C32H34F3NO/c1-5-29(25-15-27(34)18-28(35)16-25)32(37-31-9-7-6-8-23(31)19-36-4)30-17-22(11-10-21(30)3)24-12-20(2)13-26(33)14-24/h5,10-18,23,31,36H,1,6-9,19H2,2-4H3/b32-29-. The Hall–Kier alpha value is -3.31. The molecule has 2 nitrogen and oxygen atoms in total. The van der Waals surface area contributed by atoms with Gasteiger partial charge < -0.3 is 10.1 Å². The summed E-state index contributed by atoms with van der Waals surface area (Å²) in [7, 11) is 1.93. The number of rotatable bonds is 8. The van der Waals surface area contributed by atoms with E-state index in [4.69, 9.17) is 4.74 Å². The van der Waals surface area contributed by atoms with Crippen LogP contribution >= 0.6 is 0 Å². The van der Waals surface area contributed by atoms with Gasteiger partial charge in [-0.2, -0.15) is 0 Å². The summed E-state index contributed by atoms with van der Waals surface area (Å²) in [6.45, 7) is 8.62. The van der Waals surface area contributed by atoms with Gasteiger partial charge in [0.15, 0.2) is 0 Å². The number of aryl methyl sites for hydroxylation is 2. The van der Waals surface area contributed by atoms with Crippen LogP contribution in [0.5, 0.6) is 0 Å². The van der Waals surface area contributed by atoms with Gasteiger partial charge in [0, 0.05) is 29.7 Å². The van der Waals surface area contributed by atoms with Gasteiger partial charge in [-0.25, -0.2) is 13.2 Å². The molecular formula is C32H34F3NO. The molecule has 0 bridgehead atoms. The van der Waals surface area contributed by atoms with Crippen LogP contribution < -0.4 is 5.32 Å². The van der Waals surface area contributed by atoms with E-state index in [0.717, 1.165) is 66.1 Å². The smallest absolute Gasteiger partial charge is 0.135 e. The summed E-state index contributed by atoms with van der Waals surface area (Å²) in [5.41, 5.74) is 4.99. The Kier molecular flexibility index (Phi) is 8.55. The molecule has 37 heavy (non-hydrogen) atoms. The molecule has 0 amide bonds. The molecular weight excluding hydrogens is 471 g/mol. The lowest BCUT2D eigenvalue weighted by Crippen LogP contribution is -2.34. The molecule has 1 aliphatic rings. The first kappa shape index (κ1) is 26.7. The quantitative estimate of drug-likeness (QED) is 0.189. The van der Waals surface area contributed by atoms with E-state index >= 15 is 0 Å². The summed E-state index contributed by atoms with van der Waals surface area (Å²) >= 11 is 0. The highest BCUT2D eigenvalue weighted by Gasteiger charge is 2.29. The number of benzene rings is 3. The molecule has 0 aromatic heterocycles. The van der Waals surface area contributed by atoms with Crippen LogP contribution in [0.15, 0.2) is 67.3 Å². The zero-order valence-corrected chi connectivity index (χ0v) is 21.7. The van der Waals surface area contributed by atoms with Crippen molar-refractivity contribution in [3.8, 4) is 11.1 Å². The van der Waals surface area contributed by atoms with Crippen LogP contribution in [0.2, 0.25) is 0 Å². The third-order valence-electron chi connectivity index (χ3n) is 7.05. The molecule has 0 spiro atoms. The molecule has 3 aromatic carbocycles. The van der Waals surface area contributed by atoms with E-state index in [1.165, 1.54) is 24.3 Å². The highest BCUT2D eigenvalue weighted by atomic mass is 19.1. The largest absolute Gasteiger partial charge is 0.489 e. The summed E-state index contributed by atoms with van der Waals surface area (Å²) in [6.07, 6.45) is 5.65. The molecule has 194 valence electrons. The van der Waals surface area contributed by atoms with Crippen LogP contribution in [-0.4, -0.2) is 19.7 Å². The van der Waals surface area contributed by atoms with Gasteiger partial charge in [-0.05, 0) is 98.3 Å². The molecule has 3 aromatic rings. The van der Waals surface area contributed by atoms with Gasteiger partial charge in [0.1, 0.15) is 29.3 Å². The third-order valence-corrected chi connectivity index (χ3v) is 7.05. The normalized spacial score (nSPS) is 18.3. The Morgan fingerprint density at radius 1 is 0.919 bits per heavy atom. The second-order valence-electron chi connectivity index (χ2n) is 9.91. The van der Waals surface area contributed by atoms with E-state index in [2.05, 4.69) is 11.9 Å². The van der Waals surface area contributed by atoms with Crippen molar-refractivity contribution in [2.24, 2.45) is 5.92 Å². The number of hydrogen-bond donors (Lipinski definition) is 1. The zero-order valence-electron chi connectivity index (χ0n) is 21.7. The first-order valence-corrected chi connectivity index (χ1v) is 12.8. The molecule has 0 saturated heterocycles. The first-order chi connectivity index (χ1) is 17.8. The Bertz CT molecular complexity index is 1270. The van der Waals surface area contributed by atoms with Crippen LogP contribution in [0.4, 0.5) is 13.2 Å². The minimum atomic E-state index is -0.667. The number of hydrogen-bond acceptors (Lipinski definition) is 2. The Labute approximate surface area is 217 Å². The molecule has 5 heteroatoms. The fourth-order valence-corrected chi connectivity index (χ4v) is 5.25. The van der Waals surface area contributed by atoms with E-state index in [9.17, 15) is 13.2 Å². The number of nitrogens with one attached hydrogen (secondary N) is 1. The Morgan fingerprint density at radius 2 is 1.62 bits per heavy atom. The molecule has 1 saturated carbocycles. The van der Waals surface area contributed by atoms with Crippen molar-refractivity contribution in [3.05, 3.63) is 107 Å². The molecule has 2 atom stereocenters. The van der Waals surface area contributed by atoms with Gasteiger partial charge >= 0.3 is 0 Å². The maximum Gasteiger partial charge on any atom is 0.135 e. The molecule has 4 rings (SSSR count). The van der Waals surface area contributed by atoms with Crippen LogP contribution in [-0.2, 0) is 4.74 Å². The van der Waals surface area contributed by atoms with Crippen molar-refractivity contribution in [1.82, 2.24) is 5.32 Å². The second kappa shape index (κ2) is 11.8. The van der Waals surface area contributed by atoms with E-state index in [0.29, 0.717) is 22.8 Å². The predicted molar refractivity (Wildman–Crippen MR) is 145 cm³/mol. The fraction of sp³-hybridized carbons (Fsp3) is 0.312. The summed E-state index contributed by atoms with van der Waals surface area (Å²) in [4.78, 5) is 0. The lowest BCUT2D eigenvalue weighted by Gasteiger charge is -2.33. The molecule has 1 N–H and O–H groups in total. The lowest BCUT2D eigenvalue weighted by atomic mass is 9.86. The van der Waals surface area contributed by atoms with Gasteiger partial charge in [-0.1, -0.05) is 37.3 Å². The molecule has 0 heterocycles. The van der Waals surface area contributed by atoms with Gasteiger partial charge in [0.2, 0.25) is 0 Å². The molecule has 1 fully saturated rings. The van der Waals surface area contributed by atoms with Gasteiger partial charge in [-0.3, -0.25) is 0 Å². The zero-order chi connectivity index (χ0) is 26.5. The fourth-order valence-electron chi connectivity index (χ4n) is 5.25. The first-order valence-electron chi connectivity index (χ1n) is 12.8. The van der Waals surface area contributed by atoms with Crippen molar-refractivity contribution in [1.29, 1.82) is 0 Å². The van der Waals surface area contributed by atoms with Crippen molar-refractivity contribution in [3.63, 3.8) is 0 Å². The second-order valence-corrected chi connectivity index (χ2v) is 9.91. The maximum atomic E-state index is 14.3. The minimum absolute atomic E-state index is 0.0657. The van der Waals surface area contributed by atoms with Crippen molar-refractivity contribution in [2.45, 2.75) is 45.6 Å². The lowest BCUT2D eigenvalue weighted by molar-refractivity contribution is 0.0689.